The van der Waals surface area contributed by atoms with Gasteiger partial charge in [-0.2, -0.15) is 0 Å². The molecule has 6 heteroatoms. The maximum Gasteiger partial charge on any atom is 0.201 e. The van der Waals surface area contributed by atoms with Crippen LogP contribution in [0.15, 0.2) is 15.9 Å². The van der Waals surface area contributed by atoms with Gasteiger partial charge in [0, 0.05) is 7.05 Å². The fraction of sp³-hybridized carbons (Fsp3) is 0.125. The third kappa shape index (κ3) is 1.55. The molecule has 3 nitrogen and oxygen atoms in total. The van der Waals surface area contributed by atoms with Crippen LogP contribution in [-0.4, -0.2) is 9.55 Å². The summed E-state index contributed by atoms with van der Waals surface area (Å²) in [4.78, 5) is 5.20. The van der Waals surface area contributed by atoms with Gasteiger partial charge in [-0.05, 0) is 28.1 Å². The van der Waals surface area contributed by atoms with Crippen LogP contribution < -0.4 is 5.73 Å². The number of hydrogen-bond donors (Lipinski definition) is 1. The molecule has 0 radical (unpaired) electrons. The van der Waals surface area contributed by atoms with Crippen LogP contribution >= 0.6 is 38.9 Å². The minimum Gasteiger partial charge on any atom is -0.369 e. The minimum atomic E-state index is 0.425. The number of hydrogen-bond acceptors (Lipinski definition) is 3. The molecule has 74 valence electrons. The molecule has 0 saturated heterocycles. The summed E-state index contributed by atoms with van der Waals surface area (Å²) in [6.07, 6.45) is 0. The van der Waals surface area contributed by atoms with Crippen LogP contribution in [0.2, 0.25) is 5.15 Å². The average Bonchev–Trinajstić information content (AvgIpc) is 2.66. The summed E-state index contributed by atoms with van der Waals surface area (Å²) in [6.45, 7) is 0. The van der Waals surface area contributed by atoms with E-state index in [9.17, 15) is 0 Å². The van der Waals surface area contributed by atoms with Gasteiger partial charge in [0.2, 0.25) is 5.95 Å². The Morgan fingerprint density at radius 3 is 2.71 bits per heavy atom. The highest BCUT2D eigenvalue weighted by Crippen LogP contribution is 2.35. The highest BCUT2D eigenvalue weighted by atomic mass is 79.9. The Morgan fingerprint density at radius 2 is 2.29 bits per heavy atom. The largest absolute Gasteiger partial charge is 0.369 e. The van der Waals surface area contributed by atoms with Gasteiger partial charge in [-0.3, -0.25) is 0 Å². The van der Waals surface area contributed by atoms with E-state index in [1.165, 1.54) is 0 Å². The van der Waals surface area contributed by atoms with Crippen LogP contribution in [0.5, 0.6) is 0 Å². The Labute approximate surface area is 98.6 Å². The van der Waals surface area contributed by atoms with Gasteiger partial charge in [0.15, 0.2) is 0 Å². The van der Waals surface area contributed by atoms with E-state index in [4.69, 9.17) is 17.3 Å². The summed E-state index contributed by atoms with van der Waals surface area (Å²) in [5, 5.41) is 0.567. The molecule has 0 atom stereocenters. The fourth-order valence-electron chi connectivity index (χ4n) is 1.09. The molecule has 0 spiro atoms. The molecule has 2 aromatic heterocycles. The lowest BCUT2D eigenvalue weighted by Gasteiger charge is -1.94. The van der Waals surface area contributed by atoms with Crippen LogP contribution in [0.4, 0.5) is 5.95 Å². The monoisotopic (exact) mass is 291 g/mol. The minimum absolute atomic E-state index is 0.425. The van der Waals surface area contributed by atoms with Crippen LogP contribution in [0.1, 0.15) is 0 Å². The molecule has 2 heterocycles. The second-order valence-corrected chi connectivity index (χ2v) is 5.59. The second kappa shape index (κ2) is 3.56. The lowest BCUT2D eigenvalue weighted by Crippen LogP contribution is -1.96. The predicted molar refractivity (Wildman–Crippen MR) is 63.6 cm³/mol. The van der Waals surface area contributed by atoms with Gasteiger partial charge in [0.25, 0.3) is 0 Å². The number of nitrogens with two attached hydrogens (primary N) is 1. The highest BCUT2D eigenvalue weighted by molar-refractivity contribution is 9.11. The summed E-state index contributed by atoms with van der Waals surface area (Å²) in [5.74, 6) is 0.425. The van der Waals surface area contributed by atoms with Crippen molar-refractivity contribution in [3.8, 4) is 10.6 Å². The van der Waals surface area contributed by atoms with Crippen molar-refractivity contribution in [1.82, 2.24) is 9.55 Å². The van der Waals surface area contributed by atoms with E-state index >= 15 is 0 Å². The first kappa shape index (κ1) is 10.0. The lowest BCUT2D eigenvalue weighted by molar-refractivity contribution is 0.931. The van der Waals surface area contributed by atoms with Crippen LogP contribution in [0.25, 0.3) is 10.6 Å². The van der Waals surface area contributed by atoms with Crippen molar-refractivity contribution in [3.63, 3.8) is 0 Å². The van der Waals surface area contributed by atoms with E-state index in [-0.39, 0.29) is 0 Å². The van der Waals surface area contributed by atoms with Crippen molar-refractivity contribution in [2.24, 2.45) is 7.05 Å². The number of nitrogens with zero attached hydrogens (tertiary/aromatic N) is 2. The smallest absolute Gasteiger partial charge is 0.201 e. The van der Waals surface area contributed by atoms with E-state index in [1.807, 2.05) is 12.1 Å². The molecule has 0 aromatic carbocycles. The Bertz CT molecular complexity index is 477. The first-order valence-electron chi connectivity index (χ1n) is 3.83. The molecule has 2 N–H and O–H groups in total. The molecule has 0 bridgehead atoms. The van der Waals surface area contributed by atoms with Gasteiger partial charge >= 0.3 is 0 Å². The molecular weight excluding hydrogens is 286 g/mol. The Balaban J connectivity index is 2.57. The molecule has 0 aliphatic rings. The number of anilines is 1. The third-order valence-electron chi connectivity index (χ3n) is 1.87. The summed E-state index contributed by atoms with van der Waals surface area (Å²) in [6, 6.07) is 3.92. The van der Waals surface area contributed by atoms with Crippen LogP contribution in [0.3, 0.4) is 0 Å². The van der Waals surface area contributed by atoms with E-state index in [2.05, 4.69) is 20.9 Å². The van der Waals surface area contributed by atoms with Gasteiger partial charge in [-0.25, -0.2) is 4.98 Å². The molecule has 2 rings (SSSR count). The zero-order valence-corrected chi connectivity index (χ0v) is 10.4. The Hall–Kier alpha value is -0.520. The van der Waals surface area contributed by atoms with Gasteiger partial charge in [0.05, 0.1) is 8.66 Å². The van der Waals surface area contributed by atoms with Crippen molar-refractivity contribution < 1.29 is 0 Å². The number of thiophene rings is 1. The zero-order chi connectivity index (χ0) is 10.3. The molecule has 0 amide bonds. The molecule has 0 fully saturated rings. The van der Waals surface area contributed by atoms with E-state index < -0.39 is 0 Å². The molecular formula is C8H7BrClN3S. The standard InChI is InChI=1S/C8H7BrClN3S/c1-13-7(10)6(12-8(13)11)4-2-3-5(9)14-4/h2-3H,1H3,(H2,11,12). The van der Waals surface area contributed by atoms with Crippen molar-refractivity contribution in [3.05, 3.63) is 21.1 Å². The van der Waals surface area contributed by atoms with Crippen molar-refractivity contribution >= 4 is 44.8 Å². The molecule has 0 aliphatic carbocycles. The predicted octanol–water partition coefficient (Wildman–Crippen LogP) is 3.15. The summed E-state index contributed by atoms with van der Waals surface area (Å²) in [5.41, 5.74) is 6.38. The molecule has 0 saturated carbocycles. The van der Waals surface area contributed by atoms with Crippen LogP contribution in [-0.2, 0) is 7.05 Å². The van der Waals surface area contributed by atoms with Gasteiger partial charge in [-0.15, -0.1) is 11.3 Å². The van der Waals surface area contributed by atoms with Crippen molar-refractivity contribution in [2.75, 3.05) is 5.73 Å². The normalized spacial score (nSPS) is 10.8. The summed E-state index contributed by atoms with van der Waals surface area (Å²) in [7, 11) is 1.79. The summed E-state index contributed by atoms with van der Waals surface area (Å²) < 4.78 is 2.71. The molecule has 2 aromatic rings. The Morgan fingerprint density at radius 1 is 1.57 bits per heavy atom. The number of rotatable bonds is 1. The van der Waals surface area contributed by atoms with E-state index in [0.29, 0.717) is 11.1 Å². The first-order chi connectivity index (χ1) is 6.59. The molecule has 14 heavy (non-hydrogen) atoms. The maximum absolute atomic E-state index is 6.07. The number of aromatic nitrogens is 2. The zero-order valence-electron chi connectivity index (χ0n) is 7.29. The quantitative estimate of drug-likeness (QED) is 0.877. The number of halogens is 2. The maximum atomic E-state index is 6.07. The molecule has 0 aliphatic heterocycles. The van der Waals surface area contributed by atoms with Crippen LogP contribution in [0, 0.1) is 0 Å². The summed E-state index contributed by atoms with van der Waals surface area (Å²) >= 11 is 11.0. The van der Waals surface area contributed by atoms with E-state index in [1.54, 1.807) is 23.0 Å². The number of imidazole rings is 1. The Kier molecular flexibility index (Phi) is 2.55. The topological polar surface area (TPSA) is 43.8 Å². The highest BCUT2D eigenvalue weighted by Gasteiger charge is 2.13. The van der Waals surface area contributed by atoms with Crippen molar-refractivity contribution in [2.45, 2.75) is 0 Å². The average molecular weight is 293 g/mol. The van der Waals surface area contributed by atoms with Gasteiger partial charge in [-0.1, -0.05) is 11.6 Å². The lowest BCUT2D eigenvalue weighted by atomic mass is 10.4. The van der Waals surface area contributed by atoms with Crippen molar-refractivity contribution in [1.29, 1.82) is 0 Å². The molecule has 0 unspecified atom stereocenters. The van der Waals surface area contributed by atoms with E-state index in [0.717, 1.165) is 14.4 Å². The van der Waals surface area contributed by atoms with Gasteiger partial charge in [0.1, 0.15) is 10.8 Å². The SMILES string of the molecule is Cn1c(N)nc(-c2ccc(Br)s2)c1Cl. The first-order valence-corrected chi connectivity index (χ1v) is 5.81. The third-order valence-corrected chi connectivity index (χ3v) is 3.93. The second-order valence-electron chi connectivity index (χ2n) is 2.77. The fourth-order valence-corrected chi connectivity index (χ4v) is 2.76. The van der Waals surface area contributed by atoms with Gasteiger partial charge < -0.3 is 10.3 Å². The number of nitrogen functional groups attached to an aromatic ring is 1.